The number of rotatable bonds is 4. The van der Waals surface area contributed by atoms with Gasteiger partial charge >= 0.3 is 5.69 Å². The molecule has 2 aromatic carbocycles. The smallest absolute Gasteiger partial charge is 0.312 e. The van der Waals surface area contributed by atoms with Gasteiger partial charge in [0.25, 0.3) is 0 Å². The van der Waals surface area contributed by atoms with Crippen molar-refractivity contribution in [1.29, 1.82) is 0 Å². The van der Waals surface area contributed by atoms with Crippen molar-refractivity contribution in [3.05, 3.63) is 62.4 Å². The van der Waals surface area contributed by atoms with E-state index in [1.165, 1.54) is 24.3 Å². The second-order valence-corrected chi connectivity index (χ2v) is 4.66. The molecule has 20 heavy (non-hydrogen) atoms. The summed E-state index contributed by atoms with van der Waals surface area (Å²) in [7, 11) is 0. The zero-order chi connectivity index (χ0) is 14.7. The van der Waals surface area contributed by atoms with Gasteiger partial charge in [-0.2, -0.15) is 0 Å². The number of halogens is 2. The molecule has 7 heteroatoms. The van der Waals surface area contributed by atoms with E-state index < -0.39 is 10.7 Å². The molecule has 5 nitrogen and oxygen atoms in total. The minimum Gasteiger partial charge on any atom is -0.449 e. The normalized spacial score (nSPS) is 10.1. The van der Waals surface area contributed by atoms with Gasteiger partial charge < -0.3 is 4.74 Å². The molecule has 0 fully saturated rings. The molecular formula is C13H7BrFNO4. The van der Waals surface area contributed by atoms with E-state index in [9.17, 15) is 19.3 Å². The number of nitro benzene ring substituents is 1. The van der Waals surface area contributed by atoms with Gasteiger partial charge in [-0.15, -0.1) is 0 Å². The van der Waals surface area contributed by atoms with E-state index in [1.807, 2.05) is 0 Å². The van der Waals surface area contributed by atoms with Crippen molar-refractivity contribution in [3.8, 4) is 11.5 Å². The minimum atomic E-state index is -0.753. The maximum absolute atomic E-state index is 13.4. The van der Waals surface area contributed by atoms with Crippen molar-refractivity contribution in [3.63, 3.8) is 0 Å². The summed E-state index contributed by atoms with van der Waals surface area (Å²) in [6, 6.07) is 7.98. The molecule has 0 spiro atoms. The first-order valence-corrected chi connectivity index (χ1v) is 6.17. The van der Waals surface area contributed by atoms with Crippen LogP contribution in [0.5, 0.6) is 11.5 Å². The van der Waals surface area contributed by atoms with Gasteiger partial charge in [-0.1, -0.05) is 22.0 Å². The van der Waals surface area contributed by atoms with Gasteiger partial charge in [0.1, 0.15) is 11.6 Å². The van der Waals surface area contributed by atoms with Crippen LogP contribution in [0, 0.1) is 15.9 Å². The van der Waals surface area contributed by atoms with Crippen LogP contribution in [0.15, 0.2) is 40.9 Å². The Bertz CT molecular complexity index is 690. The lowest BCUT2D eigenvalue weighted by molar-refractivity contribution is -0.385. The van der Waals surface area contributed by atoms with Crippen molar-refractivity contribution in [1.82, 2.24) is 0 Å². The molecule has 0 aromatic heterocycles. The largest absolute Gasteiger partial charge is 0.449 e. The molecule has 2 aromatic rings. The van der Waals surface area contributed by atoms with Gasteiger partial charge in [0, 0.05) is 10.5 Å². The molecule has 0 N–H and O–H groups in total. The lowest BCUT2D eigenvalue weighted by atomic mass is 10.2. The lowest BCUT2D eigenvalue weighted by Crippen LogP contribution is -1.97. The Morgan fingerprint density at radius 2 is 2.00 bits per heavy atom. The molecule has 2 rings (SSSR count). The van der Waals surface area contributed by atoms with Gasteiger partial charge in [-0.05, 0) is 24.3 Å². The highest BCUT2D eigenvalue weighted by Gasteiger charge is 2.18. The van der Waals surface area contributed by atoms with Crippen molar-refractivity contribution in [2.45, 2.75) is 0 Å². The van der Waals surface area contributed by atoms with E-state index in [1.54, 1.807) is 6.07 Å². The molecule has 0 unspecified atom stereocenters. The van der Waals surface area contributed by atoms with E-state index in [0.29, 0.717) is 10.8 Å². The molecule has 0 atom stereocenters. The molecular weight excluding hydrogens is 333 g/mol. The summed E-state index contributed by atoms with van der Waals surface area (Å²) in [5, 5.41) is 10.9. The number of carbonyl (C=O) groups is 1. The number of nitrogens with zero attached hydrogens (tertiary/aromatic N) is 1. The fourth-order valence-electron chi connectivity index (χ4n) is 1.56. The van der Waals surface area contributed by atoms with E-state index >= 15 is 0 Å². The van der Waals surface area contributed by atoms with Crippen LogP contribution in [0.2, 0.25) is 0 Å². The molecule has 0 aliphatic rings. The summed E-state index contributed by atoms with van der Waals surface area (Å²) in [5.41, 5.74) is -0.579. The number of hydrogen-bond donors (Lipinski definition) is 0. The molecule has 0 amide bonds. The predicted molar refractivity (Wildman–Crippen MR) is 72.7 cm³/mol. The summed E-state index contributed by atoms with van der Waals surface area (Å²) in [6.07, 6.45) is 0.301. The Morgan fingerprint density at radius 1 is 1.25 bits per heavy atom. The SMILES string of the molecule is O=Cc1c(F)cccc1Oc1ccc(Br)cc1[N+](=O)[O-]. The number of nitro groups is 1. The first kappa shape index (κ1) is 14.1. The van der Waals surface area contributed by atoms with E-state index in [4.69, 9.17) is 4.74 Å². The first-order chi connectivity index (χ1) is 9.52. The van der Waals surface area contributed by atoms with Gasteiger partial charge in [0.2, 0.25) is 5.75 Å². The Labute approximate surface area is 121 Å². The Hall–Kier alpha value is -2.28. The summed E-state index contributed by atoms with van der Waals surface area (Å²) < 4.78 is 19.2. The summed E-state index contributed by atoms with van der Waals surface area (Å²) in [6.45, 7) is 0. The number of benzene rings is 2. The molecule has 0 saturated carbocycles. The minimum absolute atomic E-state index is 0.0769. The molecule has 0 radical (unpaired) electrons. The third-order valence-electron chi connectivity index (χ3n) is 2.47. The predicted octanol–water partition coefficient (Wildman–Crippen LogP) is 4.10. The van der Waals surface area contributed by atoms with Gasteiger partial charge in [-0.25, -0.2) is 4.39 Å². The Morgan fingerprint density at radius 3 is 2.65 bits per heavy atom. The van der Waals surface area contributed by atoms with Crippen molar-refractivity contribution >= 4 is 27.9 Å². The van der Waals surface area contributed by atoms with E-state index in [0.717, 1.165) is 6.07 Å². The van der Waals surface area contributed by atoms with Crippen LogP contribution in [0.4, 0.5) is 10.1 Å². The quantitative estimate of drug-likeness (QED) is 0.477. The van der Waals surface area contributed by atoms with Crippen molar-refractivity contribution in [2.24, 2.45) is 0 Å². The van der Waals surface area contributed by atoms with Gasteiger partial charge in [-0.3, -0.25) is 14.9 Å². The molecule has 0 bridgehead atoms. The number of carbonyl (C=O) groups excluding carboxylic acids is 1. The Balaban J connectivity index is 2.48. The lowest BCUT2D eigenvalue weighted by Gasteiger charge is -2.08. The summed E-state index contributed by atoms with van der Waals surface area (Å²) in [4.78, 5) is 21.2. The summed E-state index contributed by atoms with van der Waals surface area (Å²) in [5.74, 6) is -0.908. The highest BCUT2D eigenvalue weighted by atomic mass is 79.9. The van der Waals surface area contributed by atoms with Crippen LogP contribution < -0.4 is 4.74 Å². The second kappa shape index (κ2) is 5.79. The van der Waals surface area contributed by atoms with Crippen molar-refractivity contribution < 1.29 is 18.8 Å². The third kappa shape index (κ3) is 2.83. The van der Waals surface area contributed by atoms with Crippen LogP contribution in [0.25, 0.3) is 0 Å². The van der Waals surface area contributed by atoms with E-state index in [2.05, 4.69) is 15.9 Å². The first-order valence-electron chi connectivity index (χ1n) is 5.38. The standard InChI is InChI=1S/C13H7BrFNO4/c14-8-4-5-13(11(6-8)16(18)19)20-12-3-1-2-10(15)9(12)7-17/h1-7H. The number of aldehydes is 1. The van der Waals surface area contributed by atoms with Gasteiger partial charge in [0.05, 0.1) is 10.5 Å². The van der Waals surface area contributed by atoms with Crippen LogP contribution in [-0.4, -0.2) is 11.2 Å². The molecule has 0 aliphatic heterocycles. The second-order valence-electron chi connectivity index (χ2n) is 3.74. The maximum atomic E-state index is 13.4. The molecule has 0 aliphatic carbocycles. The number of ether oxygens (including phenoxy) is 1. The number of hydrogen-bond acceptors (Lipinski definition) is 4. The summed E-state index contributed by atoms with van der Waals surface area (Å²) >= 11 is 3.11. The molecule has 102 valence electrons. The molecule has 0 saturated heterocycles. The average Bonchev–Trinajstić information content (AvgIpc) is 2.41. The maximum Gasteiger partial charge on any atom is 0.312 e. The van der Waals surface area contributed by atoms with E-state index in [-0.39, 0.29) is 22.7 Å². The van der Waals surface area contributed by atoms with Crippen molar-refractivity contribution in [2.75, 3.05) is 0 Å². The fraction of sp³-hybridized carbons (Fsp3) is 0. The monoisotopic (exact) mass is 339 g/mol. The van der Waals surface area contributed by atoms with Crippen LogP contribution in [-0.2, 0) is 0 Å². The molecule has 0 heterocycles. The average molecular weight is 340 g/mol. The zero-order valence-corrected chi connectivity index (χ0v) is 11.5. The van der Waals surface area contributed by atoms with Gasteiger partial charge in [0.15, 0.2) is 6.29 Å². The third-order valence-corrected chi connectivity index (χ3v) is 2.96. The van der Waals surface area contributed by atoms with Crippen LogP contribution >= 0.6 is 15.9 Å². The van der Waals surface area contributed by atoms with Crippen LogP contribution in [0.3, 0.4) is 0 Å². The topological polar surface area (TPSA) is 69.4 Å². The van der Waals surface area contributed by atoms with Crippen LogP contribution in [0.1, 0.15) is 10.4 Å². The fourth-order valence-corrected chi connectivity index (χ4v) is 1.91. The highest BCUT2D eigenvalue weighted by Crippen LogP contribution is 2.35. The Kier molecular flexibility index (Phi) is 4.09. The highest BCUT2D eigenvalue weighted by molar-refractivity contribution is 9.10. The zero-order valence-electron chi connectivity index (χ0n) is 9.88.